The average molecular weight is 266 g/mol. The van der Waals surface area contributed by atoms with Crippen LogP contribution in [-0.4, -0.2) is 10.6 Å². The first-order valence-electron chi connectivity index (χ1n) is 5.69. The van der Waals surface area contributed by atoms with Gasteiger partial charge < -0.3 is 5.84 Å². The second-order valence-electron chi connectivity index (χ2n) is 3.94. The van der Waals surface area contributed by atoms with Crippen LogP contribution < -0.4 is 5.84 Å². The molecule has 2 aromatic carbocycles. The maximum absolute atomic E-state index is 11.0. The lowest BCUT2D eigenvalue weighted by Gasteiger charge is -2.06. The summed E-state index contributed by atoms with van der Waals surface area (Å²) in [6.07, 6.45) is 0. The van der Waals surface area contributed by atoms with Gasteiger partial charge in [0, 0.05) is 11.6 Å². The van der Waals surface area contributed by atoms with Crippen molar-refractivity contribution in [2.24, 2.45) is 10.9 Å². The third kappa shape index (κ3) is 2.47. The number of para-hydroxylation sites is 1. The molecule has 0 aliphatic carbocycles. The fourth-order valence-corrected chi connectivity index (χ4v) is 1.84. The van der Waals surface area contributed by atoms with Crippen LogP contribution in [0.15, 0.2) is 53.6 Å². The van der Waals surface area contributed by atoms with Gasteiger partial charge in [-0.15, -0.1) is 0 Å². The molecular weight excluding hydrogens is 256 g/mol. The number of nitriles is 1. The first-order chi connectivity index (χ1) is 9.67. The molecule has 0 amide bonds. The van der Waals surface area contributed by atoms with Gasteiger partial charge in [-0.1, -0.05) is 24.3 Å². The van der Waals surface area contributed by atoms with Crippen LogP contribution in [0.1, 0.15) is 16.7 Å². The van der Waals surface area contributed by atoms with Crippen molar-refractivity contribution < 1.29 is 4.92 Å². The third-order valence-corrected chi connectivity index (χ3v) is 2.77. The zero-order valence-corrected chi connectivity index (χ0v) is 10.4. The molecule has 2 aromatic rings. The second-order valence-corrected chi connectivity index (χ2v) is 3.94. The van der Waals surface area contributed by atoms with Crippen LogP contribution in [0.5, 0.6) is 0 Å². The van der Waals surface area contributed by atoms with Crippen molar-refractivity contribution in [2.75, 3.05) is 0 Å². The summed E-state index contributed by atoms with van der Waals surface area (Å²) >= 11 is 0. The van der Waals surface area contributed by atoms with Crippen LogP contribution in [0.3, 0.4) is 0 Å². The summed E-state index contributed by atoms with van der Waals surface area (Å²) < 4.78 is 0. The molecule has 0 bridgehead atoms. The summed E-state index contributed by atoms with van der Waals surface area (Å²) in [5.41, 5.74) is 1.68. The van der Waals surface area contributed by atoms with Crippen molar-refractivity contribution in [3.05, 3.63) is 75.3 Å². The smallest absolute Gasteiger partial charge is 0.278 e. The molecule has 0 spiro atoms. The predicted octanol–water partition coefficient (Wildman–Crippen LogP) is 2.18. The minimum atomic E-state index is -0.482. The van der Waals surface area contributed by atoms with Gasteiger partial charge in [-0.25, -0.2) is 0 Å². The SMILES string of the molecule is N#Cc1ccc(/C(=N\N)c2ccccc2[N+](=O)[O-])cc1. The lowest BCUT2D eigenvalue weighted by atomic mass is 10.00. The van der Waals surface area contributed by atoms with Crippen molar-refractivity contribution in [1.29, 1.82) is 5.26 Å². The van der Waals surface area contributed by atoms with E-state index in [2.05, 4.69) is 5.10 Å². The Kier molecular flexibility index (Phi) is 3.72. The van der Waals surface area contributed by atoms with E-state index in [4.69, 9.17) is 11.1 Å². The molecule has 20 heavy (non-hydrogen) atoms. The van der Waals surface area contributed by atoms with Gasteiger partial charge in [-0.05, 0) is 18.2 Å². The highest BCUT2D eigenvalue weighted by molar-refractivity contribution is 6.15. The Morgan fingerprint density at radius 1 is 1.20 bits per heavy atom. The van der Waals surface area contributed by atoms with Crippen LogP contribution in [0.25, 0.3) is 0 Å². The largest absolute Gasteiger partial charge is 0.323 e. The Balaban J connectivity index is 2.54. The number of nitro benzene ring substituents is 1. The van der Waals surface area contributed by atoms with E-state index in [0.29, 0.717) is 22.4 Å². The van der Waals surface area contributed by atoms with Crippen molar-refractivity contribution in [3.63, 3.8) is 0 Å². The number of nitro groups is 1. The van der Waals surface area contributed by atoms with Crippen molar-refractivity contribution >= 4 is 11.4 Å². The molecule has 6 nitrogen and oxygen atoms in total. The summed E-state index contributed by atoms with van der Waals surface area (Å²) in [4.78, 5) is 10.6. The van der Waals surface area contributed by atoms with E-state index in [0.717, 1.165) is 0 Å². The van der Waals surface area contributed by atoms with Gasteiger partial charge in [0.05, 0.1) is 22.1 Å². The van der Waals surface area contributed by atoms with Gasteiger partial charge in [-0.3, -0.25) is 10.1 Å². The van der Waals surface area contributed by atoms with Crippen molar-refractivity contribution in [1.82, 2.24) is 0 Å². The van der Waals surface area contributed by atoms with Crippen LogP contribution in [-0.2, 0) is 0 Å². The first kappa shape index (κ1) is 13.2. The van der Waals surface area contributed by atoms with Gasteiger partial charge in [-0.2, -0.15) is 10.4 Å². The maximum atomic E-state index is 11.0. The molecule has 0 fully saturated rings. The minimum Gasteiger partial charge on any atom is -0.323 e. The van der Waals surface area contributed by atoms with Gasteiger partial charge in [0.25, 0.3) is 5.69 Å². The minimum absolute atomic E-state index is 0.0685. The number of benzene rings is 2. The Morgan fingerprint density at radius 3 is 2.40 bits per heavy atom. The topological polar surface area (TPSA) is 105 Å². The maximum Gasteiger partial charge on any atom is 0.278 e. The number of hydrogen-bond donors (Lipinski definition) is 1. The van der Waals surface area contributed by atoms with E-state index in [1.165, 1.54) is 6.07 Å². The summed E-state index contributed by atoms with van der Waals surface area (Å²) in [5.74, 6) is 5.38. The lowest BCUT2D eigenvalue weighted by Crippen LogP contribution is -2.09. The lowest BCUT2D eigenvalue weighted by molar-refractivity contribution is -0.385. The Bertz CT molecular complexity index is 715. The quantitative estimate of drug-likeness (QED) is 0.397. The average Bonchev–Trinajstić information content (AvgIpc) is 2.49. The van der Waals surface area contributed by atoms with Crippen LogP contribution in [0.2, 0.25) is 0 Å². The molecule has 0 aliphatic heterocycles. The molecule has 0 heterocycles. The normalized spacial score (nSPS) is 10.8. The summed E-state index contributed by atoms with van der Waals surface area (Å²) in [6.45, 7) is 0. The zero-order chi connectivity index (χ0) is 14.5. The molecule has 6 heteroatoms. The fourth-order valence-electron chi connectivity index (χ4n) is 1.84. The molecule has 0 aromatic heterocycles. The van der Waals surface area contributed by atoms with E-state index in [1.807, 2.05) is 6.07 Å². The van der Waals surface area contributed by atoms with Crippen molar-refractivity contribution in [2.45, 2.75) is 0 Å². The van der Waals surface area contributed by atoms with E-state index in [9.17, 15) is 10.1 Å². The molecule has 0 aliphatic rings. The molecule has 0 unspecified atom stereocenters. The van der Waals surface area contributed by atoms with Crippen LogP contribution >= 0.6 is 0 Å². The van der Waals surface area contributed by atoms with Gasteiger partial charge >= 0.3 is 0 Å². The highest BCUT2D eigenvalue weighted by atomic mass is 16.6. The van der Waals surface area contributed by atoms with Crippen molar-refractivity contribution in [3.8, 4) is 6.07 Å². The van der Waals surface area contributed by atoms with Crippen LogP contribution in [0, 0.1) is 21.4 Å². The highest BCUT2D eigenvalue weighted by Gasteiger charge is 2.18. The van der Waals surface area contributed by atoms with Crippen LogP contribution in [0.4, 0.5) is 5.69 Å². The van der Waals surface area contributed by atoms with E-state index in [1.54, 1.807) is 42.5 Å². The Morgan fingerprint density at radius 2 is 1.85 bits per heavy atom. The molecule has 0 atom stereocenters. The number of hydrazone groups is 1. The van der Waals surface area contributed by atoms with Gasteiger partial charge in [0.15, 0.2) is 0 Å². The van der Waals surface area contributed by atoms with E-state index < -0.39 is 4.92 Å². The molecule has 2 N–H and O–H groups in total. The molecule has 0 saturated carbocycles. The monoisotopic (exact) mass is 266 g/mol. The second kappa shape index (κ2) is 5.63. The molecule has 0 saturated heterocycles. The predicted molar refractivity (Wildman–Crippen MR) is 74.1 cm³/mol. The first-order valence-corrected chi connectivity index (χ1v) is 5.69. The molecule has 0 radical (unpaired) electrons. The molecule has 98 valence electrons. The van der Waals surface area contributed by atoms with Gasteiger partial charge in [0.2, 0.25) is 0 Å². The zero-order valence-electron chi connectivity index (χ0n) is 10.4. The molecule has 2 rings (SSSR count). The number of rotatable bonds is 3. The summed E-state index contributed by atoms with van der Waals surface area (Å²) in [7, 11) is 0. The number of nitrogens with two attached hydrogens (primary N) is 1. The highest BCUT2D eigenvalue weighted by Crippen LogP contribution is 2.21. The standard InChI is InChI=1S/C14H10N4O2/c15-9-10-5-7-11(8-6-10)14(17-16)12-3-1-2-4-13(12)18(19)20/h1-8H,16H2/b17-14+. The fraction of sp³-hybridized carbons (Fsp3) is 0. The summed E-state index contributed by atoms with van der Waals surface area (Å²) in [5, 5.41) is 23.5. The van der Waals surface area contributed by atoms with Gasteiger partial charge in [0.1, 0.15) is 5.71 Å². The molecular formula is C14H10N4O2. The third-order valence-electron chi connectivity index (χ3n) is 2.77. The Hall–Kier alpha value is -3.20. The number of nitrogens with zero attached hydrogens (tertiary/aromatic N) is 3. The Labute approximate surface area is 114 Å². The van der Waals surface area contributed by atoms with E-state index >= 15 is 0 Å². The van der Waals surface area contributed by atoms with E-state index in [-0.39, 0.29) is 5.69 Å². The summed E-state index contributed by atoms with van der Waals surface area (Å²) in [6, 6.07) is 14.8. The number of hydrogen-bond acceptors (Lipinski definition) is 5.